The Labute approximate surface area is 375 Å². The maximum absolute atomic E-state index is 12.4. The van der Waals surface area contributed by atoms with Gasteiger partial charge in [0.05, 0.1) is 25.4 Å². The van der Waals surface area contributed by atoms with Crippen LogP contribution in [0.15, 0.2) is 0 Å². The summed E-state index contributed by atoms with van der Waals surface area (Å²) in [6.07, 6.45) is 56.6. The van der Waals surface area contributed by atoms with E-state index in [4.69, 9.17) is 4.74 Å². The summed E-state index contributed by atoms with van der Waals surface area (Å²) in [5.41, 5.74) is 0. The number of esters is 1. The van der Waals surface area contributed by atoms with Crippen molar-refractivity contribution in [2.24, 2.45) is 0 Å². The van der Waals surface area contributed by atoms with E-state index < -0.39 is 12.1 Å². The van der Waals surface area contributed by atoms with Crippen LogP contribution in [0.25, 0.3) is 0 Å². The van der Waals surface area contributed by atoms with E-state index in [0.717, 1.165) is 38.5 Å². The van der Waals surface area contributed by atoms with Crippen molar-refractivity contribution in [3.63, 3.8) is 0 Å². The van der Waals surface area contributed by atoms with Crippen molar-refractivity contribution in [1.29, 1.82) is 0 Å². The lowest BCUT2D eigenvalue weighted by atomic mass is 10.0. The number of carbonyl (C=O) groups is 2. The van der Waals surface area contributed by atoms with Crippen molar-refractivity contribution in [3.05, 3.63) is 0 Å². The van der Waals surface area contributed by atoms with Crippen LogP contribution in [0.5, 0.6) is 0 Å². The van der Waals surface area contributed by atoms with Gasteiger partial charge in [0.1, 0.15) is 0 Å². The van der Waals surface area contributed by atoms with Gasteiger partial charge in [-0.05, 0) is 25.7 Å². The topological polar surface area (TPSA) is 95.9 Å². The highest BCUT2D eigenvalue weighted by Crippen LogP contribution is 2.17. The van der Waals surface area contributed by atoms with Crippen molar-refractivity contribution >= 4 is 11.9 Å². The normalized spacial score (nSPS) is 12.5. The lowest BCUT2D eigenvalue weighted by Crippen LogP contribution is -2.45. The minimum Gasteiger partial charge on any atom is -0.466 e. The monoisotopic (exact) mass is 850 g/mol. The number of aliphatic hydroxyl groups is 2. The third kappa shape index (κ3) is 46.4. The molecule has 0 heterocycles. The number of hydrogen-bond donors (Lipinski definition) is 3. The molecule has 0 fully saturated rings. The average molecular weight is 850 g/mol. The third-order valence-corrected chi connectivity index (χ3v) is 12.9. The summed E-state index contributed by atoms with van der Waals surface area (Å²) in [4.78, 5) is 24.4. The average Bonchev–Trinajstić information content (AvgIpc) is 3.25. The fourth-order valence-electron chi connectivity index (χ4n) is 8.70. The molecule has 0 spiro atoms. The molecule has 0 aliphatic heterocycles. The lowest BCUT2D eigenvalue weighted by Gasteiger charge is -2.22. The molecule has 60 heavy (non-hydrogen) atoms. The summed E-state index contributed by atoms with van der Waals surface area (Å²) in [7, 11) is 0. The fraction of sp³-hybridized carbons (Fsp3) is 0.963. The minimum atomic E-state index is -0.661. The highest BCUT2D eigenvalue weighted by atomic mass is 16.5. The van der Waals surface area contributed by atoms with Gasteiger partial charge >= 0.3 is 5.97 Å². The van der Waals surface area contributed by atoms with E-state index in [1.807, 2.05) is 0 Å². The zero-order valence-corrected chi connectivity index (χ0v) is 40.7. The van der Waals surface area contributed by atoms with E-state index in [1.165, 1.54) is 238 Å². The number of rotatable bonds is 51. The maximum atomic E-state index is 12.4. The molecule has 0 saturated heterocycles. The Hall–Kier alpha value is -1.14. The first kappa shape index (κ1) is 58.9. The summed E-state index contributed by atoms with van der Waals surface area (Å²) in [5, 5.41) is 23.1. The lowest BCUT2D eigenvalue weighted by molar-refractivity contribution is -0.143. The largest absolute Gasteiger partial charge is 0.466 e. The minimum absolute atomic E-state index is 0.0133. The fourth-order valence-corrected chi connectivity index (χ4v) is 8.70. The molecule has 6 nitrogen and oxygen atoms in total. The van der Waals surface area contributed by atoms with E-state index in [1.54, 1.807) is 0 Å². The molecule has 0 aliphatic carbocycles. The second-order valence-electron chi connectivity index (χ2n) is 18.9. The molecule has 3 N–H and O–H groups in total. The highest BCUT2D eigenvalue weighted by molar-refractivity contribution is 5.76. The Morgan fingerprint density at radius 2 is 0.683 bits per heavy atom. The van der Waals surface area contributed by atoms with Crippen LogP contribution >= 0.6 is 0 Å². The van der Waals surface area contributed by atoms with Crippen LogP contribution in [-0.2, 0) is 14.3 Å². The zero-order valence-electron chi connectivity index (χ0n) is 40.7. The van der Waals surface area contributed by atoms with Gasteiger partial charge in [-0.3, -0.25) is 9.59 Å². The second-order valence-corrected chi connectivity index (χ2v) is 18.9. The van der Waals surface area contributed by atoms with Crippen LogP contribution in [-0.4, -0.2) is 47.4 Å². The SMILES string of the molecule is CCCCCCCCCCCCCC(=O)OCCCCCCCCCCCCCCCCCCCCCCCCC(=O)NC(CO)C(O)CCCCCCCCCCCC. The Morgan fingerprint density at radius 3 is 1.02 bits per heavy atom. The van der Waals surface area contributed by atoms with Gasteiger partial charge in [-0.2, -0.15) is 0 Å². The van der Waals surface area contributed by atoms with Crippen LogP contribution in [0.2, 0.25) is 0 Å². The van der Waals surface area contributed by atoms with E-state index in [2.05, 4.69) is 19.2 Å². The molecular weight excluding hydrogens is 743 g/mol. The molecule has 0 aromatic heterocycles. The van der Waals surface area contributed by atoms with Crippen molar-refractivity contribution < 1.29 is 24.5 Å². The highest BCUT2D eigenvalue weighted by Gasteiger charge is 2.20. The molecule has 358 valence electrons. The molecule has 2 unspecified atom stereocenters. The summed E-state index contributed by atoms with van der Waals surface area (Å²) in [6.45, 7) is 4.95. The van der Waals surface area contributed by atoms with Gasteiger partial charge in [-0.25, -0.2) is 0 Å². The molecule has 0 aromatic rings. The predicted octanol–water partition coefficient (Wildman–Crippen LogP) is 16.4. The maximum Gasteiger partial charge on any atom is 0.305 e. The third-order valence-electron chi connectivity index (χ3n) is 12.9. The molecule has 0 aromatic carbocycles. The summed E-state index contributed by atoms with van der Waals surface area (Å²) < 4.78 is 5.46. The summed E-state index contributed by atoms with van der Waals surface area (Å²) >= 11 is 0. The predicted molar refractivity (Wildman–Crippen MR) is 260 cm³/mol. The van der Waals surface area contributed by atoms with E-state index in [9.17, 15) is 19.8 Å². The molecule has 6 heteroatoms. The number of hydrogen-bond acceptors (Lipinski definition) is 5. The first-order valence-corrected chi connectivity index (χ1v) is 27.3. The van der Waals surface area contributed by atoms with E-state index >= 15 is 0 Å². The van der Waals surface area contributed by atoms with Gasteiger partial charge in [0.15, 0.2) is 0 Å². The number of nitrogens with one attached hydrogen (secondary N) is 1. The molecule has 0 bridgehead atoms. The van der Waals surface area contributed by atoms with Crippen LogP contribution < -0.4 is 5.32 Å². The first-order chi connectivity index (χ1) is 29.5. The Balaban J connectivity index is 3.34. The van der Waals surface area contributed by atoms with Crippen LogP contribution in [0.4, 0.5) is 0 Å². The van der Waals surface area contributed by atoms with E-state index in [0.29, 0.717) is 25.9 Å². The Kier molecular flexibility index (Phi) is 49.5. The van der Waals surface area contributed by atoms with Gasteiger partial charge in [-0.15, -0.1) is 0 Å². The number of amides is 1. The van der Waals surface area contributed by atoms with Crippen molar-refractivity contribution in [2.75, 3.05) is 13.2 Å². The number of ether oxygens (including phenoxy) is 1. The molecule has 0 rings (SSSR count). The molecule has 1 amide bonds. The zero-order chi connectivity index (χ0) is 43.7. The number of carbonyl (C=O) groups excluding carboxylic acids is 2. The van der Waals surface area contributed by atoms with Crippen LogP contribution in [0.3, 0.4) is 0 Å². The summed E-state index contributed by atoms with van der Waals surface area (Å²) in [5.74, 6) is -0.0222. The molecule has 2 atom stereocenters. The smallest absolute Gasteiger partial charge is 0.305 e. The molecule has 0 radical (unpaired) electrons. The van der Waals surface area contributed by atoms with Gasteiger partial charge in [0.25, 0.3) is 0 Å². The quantitative estimate of drug-likeness (QED) is 0.0418. The Morgan fingerprint density at radius 1 is 0.400 bits per heavy atom. The number of unbranched alkanes of at least 4 members (excludes halogenated alkanes) is 40. The van der Waals surface area contributed by atoms with Crippen molar-refractivity contribution in [1.82, 2.24) is 5.32 Å². The Bertz CT molecular complexity index is 852. The standard InChI is InChI=1S/C54H107NO5/c1-3-5-7-9-11-13-27-32-36-40-44-48-54(59)60-49-45-41-37-33-29-26-24-22-20-18-16-15-17-19-21-23-25-28-31-35-39-43-47-53(58)55-51(50-56)52(57)46-42-38-34-30-14-12-10-8-6-4-2/h51-52,56-57H,3-50H2,1-2H3,(H,55,58). The van der Waals surface area contributed by atoms with Crippen molar-refractivity contribution in [2.45, 2.75) is 321 Å². The molecule has 0 saturated carbocycles. The van der Waals surface area contributed by atoms with Crippen molar-refractivity contribution in [3.8, 4) is 0 Å². The van der Waals surface area contributed by atoms with Crippen LogP contribution in [0.1, 0.15) is 309 Å². The molecule has 0 aliphatic rings. The van der Waals surface area contributed by atoms with Gasteiger partial charge in [0, 0.05) is 12.8 Å². The summed E-state index contributed by atoms with van der Waals surface area (Å²) in [6, 6.07) is -0.538. The molecular formula is C54H107NO5. The second kappa shape index (κ2) is 50.5. The van der Waals surface area contributed by atoms with Gasteiger partial charge < -0.3 is 20.3 Å². The first-order valence-electron chi connectivity index (χ1n) is 27.3. The van der Waals surface area contributed by atoms with Crippen LogP contribution in [0, 0.1) is 0 Å². The number of aliphatic hydroxyl groups excluding tert-OH is 2. The van der Waals surface area contributed by atoms with Gasteiger partial charge in [0.2, 0.25) is 5.91 Å². The van der Waals surface area contributed by atoms with E-state index in [-0.39, 0.29) is 18.5 Å². The van der Waals surface area contributed by atoms with Gasteiger partial charge in [-0.1, -0.05) is 271 Å².